The Morgan fingerprint density at radius 1 is 1.29 bits per heavy atom. The van der Waals surface area contributed by atoms with Gasteiger partial charge in [-0.25, -0.2) is 22.0 Å². The minimum Gasteiger partial charge on any atom is -0.493 e. The van der Waals surface area contributed by atoms with Crippen LogP contribution in [0.4, 0.5) is 8.78 Å². The van der Waals surface area contributed by atoms with Crippen molar-refractivity contribution >= 4 is 21.6 Å². The standard InChI is InChI=1S/C12H12F2O6S/c1-4-20-12(16)9(15)6-5-7(13)11(21(3,17)18)8(14)10(6)19-2/h5H,4H2,1-3H3. The Morgan fingerprint density at radius 2 is 1.86 bits per heavy atom. The first-order chi connectivity index (χ1) is 9.65. The summed E-state index contributed by atoms with van der Waals surface area (Å²) < 4.78 is 59.5. The van der Waals surface area contributed by atoms with Gasteiger partial charge >= 0.3 is 5.97 Å². The predicted molar refractivity (Wildman–Crippen MR) is 67.0 cm³/mol. The van der Waals surface area contributed by atoms with Crippen molar-refractivity contribution in [2.45, 2.75) is 11.8 Å². The third kappa shape index (κ3) is 3.35. The number of hydrogen-bond donors (Lipinski definition) is 0. The average molecular weight is 322 g/mol. The molecule has 0 bridgehead atoms. The highest BCUT2D eigenvalue weighted by molar-refractivity contribution is 7.90. The SMILES string of the molecule is CCOC(=O)C(=O)c1cc(F)c(S(C)(=O)=O)c(F)c1OC. The molecule has 0 saturated heterocycles. The summed E-state index contributed by atoms with van der Waals surface area (Å²) in [5.41, 5.74) is -0.752. The van der Waals surface area contributed by atoms with E-state index in [0.717, 1.165) is 7.11 Å². The van der Waals surface area contributed by atoms with E-state index in [1.54, 1.807) is 0 Å². The van der Waals surface area contributed by atoms with Crippen LogP contribution in [0, 0.1) is 11.6 Å². The van der Waals surface area contributed by atoms with Gasteiger partial charge in [0.05, 0.1) is 19.3 Å². The van der Waals surface area contributed by atoms with Gasteiger partial charge in [-0.15, -0.1) is 0 Å². The van der Waals surface area contributed by atoms with E-state index in [1.165, 1.54) is 6.92 Å². The quantitative estimate of drug-likeness (QED) is 0.459. The van der Waals surface area contributed by atoms with E-state index in [1.807, 2.05) is 0 Å². The number of carbonyl (C=O) groups excluding carboxylic acids is 2. The highest BCUT2D eigenvalue weighted by Crippen LogP contribution is 2.31. The van der Waals surface area contributed by atoms with Crippen molar-refractivity contribution in [3.05, 3.63) is 23.3 Å². The summed E-state index contributed by atoms with van der Waals surface area (Å²) >= 11 is 0. The number of halogens is 2. The zero-order chi connectivity index (χ0) is 16.4. The predicted octanol–water partition coefficient (Wildman–Crippen LogP) is 1.12. The number of esters is 1. The third-order valence-corrected chi connectivity index (χ3v) is 3.53. The fraction of sp³-hybridized carbons (Fsp3) is 0.333. The molecule has 21 heavy (non-hydrogen) atoms. The number of ether oxygens (including phenoxy) is 2. The Labute approximate surface area is 119 Å². The molecule has 1 aromatic rings. The number of rotatable bonds is 5. The van der Waals surface area contributed by atoms with Crippen molar-refractivity contribution in [1.29, 1.82) is 0 Å². The van der Waals surface area contributed by atoms with Crippen LogP contribution >= 0.6 is 0 Å². The molecule has 0 radical (unpaired) electrons. The normalized spacial score (nSPS) is 11.1. The molecule has 0 saturated carbocycles. The van der Waals surface area contributed by atoms with E-state index < -0.39 is 49.4 Å². The van der Waals surface area contributed by atoms with Gasteiger partial charge < -0.3 is 9.47 Å². The third-order valence-electron chi connectivity index (χ3n) is 2.41. The van der Waals surface area contributed by atoms with Crippen LogP contribution in [0.1, 0.15) is 17.3 Å². The largest absolute Gasteiger partial charge is 0.493 e. The maximum atomic E-state index is 14.1. The smallest absolute Gasteiger partial charge is 0.379 e. The molecule has 0 heterocycles. The number of sulfone groups is 1. The first-order valence-electron chi connectivity index (χ1n) is 5.62. The second-order valence-electron chi connectivity index (χ2n) is 3.90. The number of carbonyl (C=O) groups is 2. The van der Waals surface area contributed by atoms with Crippen LogP contribution in [0.15, 0.2) is 11.0 Å². The summed E-state index contributed by atoms with van der Waals surface area (Å²) in [6.07, 6.45) is 0.598. The molecule has 0 fully saturated rings. The summed E-state index contributed by atoms with van der Waals surface area (Å²) in [5.74, 6) is -6.58. The Bertz CT molecular complexity index is 696. The number of methoxy groups -OCH3 is 1. The average Bonchev–Trinajstić information content (AvgIpc) is 2.35. The van der Waals surface area contributed by atoms with Gasteiger partial charge in [0.1, 0.15) is 10.7 Å². The lowest BCUT2D eigenvalue weighted by molar-refractivity contribution is -0.137. The fourth-order valence-corrected chi connectivity index (χ4v) is 2.43. The van der Waals surface area contributed by atoms with Crippen LogP contribution in [0.3, 0.4) is 0 Å². The molecular formula is C12H12F2O6S. The first-order valence-corrected chi connectivity index (χ1v) is 7.51. The molecule has 0 N–H and O–H groups in total. The number of benzene rings is 1. The highest BCUT2D eigenvalue weighted by Gasteiger charge is 2.31. The van der Waals surface area contributed by atoms with Gasteiger partial charge in [-0.1, -0.05) is 0 Å². The maximum absolute atomic E-state index is 14.1. The number of ketones is 1. The van der Waals surface area contributed by atoms with Crippen molar-refractivity contribution in [1.82, 2.24) is 0 Å². The fourth-order valence-electron chi connectivity index (χ4n) is 1.60. The molecule has 0 amide bonds. The minimum atomic E-state index is -4.23. The molecule has 0 unspecified atom stereocenters. The van der Waals surface area contributed by atoms with Gasteiger partial charge in [0.25, 0.3) is 5.78 Å². The first kappa shape index (κ1) is 17.0. The maximum Gasteiger partial charge on any atom is 0.379 e. The lowest BCUT2D eigenvalue weighted by atomic mass is 10.1. The van der Waals surface area contributed by atoms with E-state index in [2.05, 4.69) is 9.47 Å². The molecule has 0 aliphatic carbocycles. The van der Waals surface area contributed by atoms with Gasteiger partial charge in [0, 0.05) is 6.26 Å². The van der Waals surface area contributed by atoms with Crippen LogP contribution in [0.2, 0.25) is 0 Å². The molecule has 0 aliphatic heterocycles. The van der Waals surface area contributed by atoms with Crippen molar-refractivity contribution in [3.8, 4) is 5.75 Å². The molecule has 0 atom stereocenters. The molecule has 116 valence electrons. The molecular weight excluding hydrogens is 310 g/mol. The summed E-state index contributed by atoms with van der Waals surface area (Å²) in [6, 6.07) is 0.428. The van der Waals surface area contributed by atoms with Crippen LogP contribution in [0.25, 0.3) is 0 Å². The topological polar surface area (TPSA) is 86.7 Å². The van der Waals surface area contributed by atoms with Crippen LogP contribution in [0.5, 0.6) is 5.75 Å². The number of hydrogen-bond acceptors (Lipinski definition) is 6. The van der Waals surface area contributed by atoms with Gasteiger partial charge in [0.2, 0.25) is 0 Å². The summed E-state index contributed by atoms with van der Waals surface area (Å²) in [5, 5.41) is 0. The zero-order valence-corrected chi connectivity index (χ0v) is 12.2. The summed E-state index contributed by atoms with van der Waals surface area (Å²) in [7, 11) is -3.28. The van der Waals surface area contributed by atoms with E-state index >= 15 is 0 Å². The van der Waals surface area contributed by atoms with E-state index in [-0.39, 0.29) is 6.61 Å². The zero-order valence-electron chi connectivity index (χ0n) is 11.4. The van der Waals surface area contributed by atoms with Crippen LogP contribution in [-0.4, -0.2) is 40.1 Å². The van der Waals surface area contributed by atoms with Crippen molar-refractivity contribution in [2.75, 3.05) is 20.0 Å². The summed E-state index contributed by atoms with van der Waals surface area (Å²) in [4.78, 5) is 21.8. The lowest BCUT2D eigenvalue weighted by Crippen LogP contribution is -2.20. The van der Waals surface area contributed by atoms with Crippen molar-refractivity contribution in [2.24, 2.45) is 0 Å². The van der Waals surface area contributed by atoms with Crippen LogP contribution in [-0.2, 0) is 19.4 Å². The van der Waals surface area contributed by atoms with Gasteiger partial charge in [-0.3, -0.25) is 4.79 Å². The minimum absolute atomic E-state index is 0.112. The molecule has 0 aliphatic rings. The monoisotopic (exact) mass is 322 g/mol. The van der Waals surface area contributed by atoms with Gasteiger partial charge in [-0.2, -0.15) is 0 Å². The van der Waals surface area contributed by atoms with Gasteiger partial charge in [0.15, 0.2) is 21.4 Å². The molecule has 1 aromatic carbocycles. The molecule has 0 aromatic heterocycles. The molecule has 9 heteroatoms. The second-order valence-corrected chi connectivity index (χ2v) is 5.86. The number of Topliss-reactive ketones (excluding diaryl/α,β-unsaturated/α-hetero) is 1. The van der Waals surface area contributed by atoms with E-state index in [4.69, 9.17) is 0 Å². The molecule has 6 nitrogen and oxygen atoms in total. The van der Waals surface area contributed by atoms with Crippen molar-refractivity contribution in [3.63, 3.8) is 0 Å². The van der Waals surface area contributed by atoms with E-state index in [0.29, 0.717) is 12.3 Å². The van der Waals surface area contributed by atoms with Crippen LogP contribution < -0.4 is 4.74 Å². The highest BCUT2D eigenvalue weighted by atomic mass is 32.2. The Balaban J connectivity index is 3.58. The second kappa shape index (κ2) is 6.17. The Kier molecular flexibility index (Phi) is 5.00. The van der Waals surface area contributed by atoms with E-state index in [9.17, 15) is 26.8 Å². The van der Waals surface area contributed by atoms with Gasteiger partial charge in [-0.05, 0) is 13.0 Å². The molecule has 0 spiro atoms. The lowest BCUT2D eigenvalue weighted by Gasteiger charge is -2.11. The van der Waals surface area contributed by atoms with Crippen molar-refractivity contribution < 1.29 is 36.3 Å². The summed E-state index contributed by atoms with van der Waals surface area (Å²) in [6.45, 7) is 1.33. The Hall–Kier alpha value is -2.03. The molecule has 1 rings (SSSR count). The Morgan fingerprint density at radius 3 is 2.29 bits per heavy atom.